The minimum atomic E-state index is -0.393. The van der Waals surface area contributed by atoms with Crippen molar-refractivity contribution >= 4 is 28.9 Å². The number of carbonyl (C=O) groups excluding carboxylic acids is 1. The van der Waals surface area contributed by atoms with E-state index in [0.717, 1.165) is 26.3 Å². The van der Waals surface area contributed by atoms with Crippen molar-refractivity contribution in [3.8, 4) is 0 Å². The van der Waals surface area contributed by atoms with Crippen LogP contribution < -0.4 is 16.0 Å². The molecule has 1 aromatic carbocycles. The molecule has 1 aromatic heterocycles. The first-order valence-corrected chi connectivity index (χ1v) is 10.4. The summed E-state index contributed by atoms with van der Waals surface area (Å²) in [7, 11) is 1.66. The first kappa shape index (κ1) is 21.2. The number of nitrogens with zero attached hydrogens (tertiary/aromatic N) is 2. The lowest BCUT2D eigenvalue weighted by Gasteiger charge is -2.34. The number of anilines is 1. The number of benzene rings is 1. The Kier molecular flexibility index (Phi) is 7.97. The molecule has 9 heteroatoms. The lowest BCUT2D eigenvalue weighted by molar-refractivity contribution is -0.115. The maximum Gasteiger partial charge on any atom is 0.243 e. The third-order valence-electron chi connectivity index (χ3n) is 4.57. The Bertz CT molecular complexity index is 809. The van der Waals surface area contributed by atoms with Gasteiger partial charge in [0.25, 0.3) is 0 Å². The first-order valence-electron chi connectivity index (χ1n) is 9.51. The molecule has 1 aliphatic rings. The fourth-order valence-corrected chi connectivity index (χ4v) is 3.99. The molecule has 0 aliphatic carbocycles. The molecule has 0 saturated carbocycles. The number of hydrogen-bond acceptors (Lipinski definition) is 5. The highest BCUT2D eigenvalue weighted by Gasteiger charge is 2.23. The minimum absolute atomic E-state index is 0.0252. The van der Waals surface area contributed by atoms with E-state index in [4.69, 9.17) is 4.74 Å². The number of amides is 1. The maximum absolute atomic E-state index is 13.2. The number of guanidine groups is 1. The first-order chi connectivity index (χ1) is 14.2. The fraction of sp³-hybridized carbons (Fsp3) is 0.400. The summed E-state index contributed by atoms with van der Waals surface area (Å²) in [6, 6.07) is 10.2. The summed E-state index contributed by atoms with van der Waals surface area (Å²) in [6.45, 7) is 3.91. The van der Waals surface area contributed by atoms with E-state index in [0.29, 0.717) is 18.2 Å². The van der Waals surface area contributed by atoms with Crippen LogP contribution in [0.4, 0.5) is 10.1 Å². The van der Waals surface area contributed by atoms with E-state index in [1.807, 2.05) is 0 Å². The highest BCUT2D eigenvalue weighted by Crippen LogP contribution is 2.25. The Hall–Kier alpha value is -2.49. The van der Waals surface area contributed by atoms with Gasteiger partial charge in [-0.25, -0.2) is 4.39 Å². The smallest absolute Gasteiger partial charge is 0.243 e. The minimum Gasteiger partial charge on any atom is -0.379 e. The van der Waals surface area contributed by atoms with E-state index < -0.39 is 5.82 Å². The number of halogens is 1. The number of ether oxygens (including phenoxy) is 1. The third-order valence-corrected chi connectivity index (χ3v) is 5.54. The summed E-state index contributed by atoms with van der Waals surface area (Å²) in [6.07, 6.45) is 0. The van der Waals surface area contributed by atoms with Gasteiger partial charge in [-0.2, -0.15) is 0 Å². The van der Waals surface area contributed by atoms with Crippen molar-refractivity contribution in [1.29, 1.82) is 0 Å². The molecule has 3 rings (SSSR count). The van der Waals surface area contributed by atoms with Gasteiger partial charge in [-0.3, -0.25) is 14.7 Å². The van der Waals surface area contributed by atoms with Crippen LogP contribution in [0.15, 0.2) is 46.8 Å². The molecule has 0 bridgehead atoms. The van der Waals surface area contributed by atoms with Crippen molar-refractivity contribution in [2.75, 3.05) is 51.8 Å². The van der Waals surface area contributed by atoms with Gasteiger partial charge in [0.15, 0.2) is 5.96 Å². The Morgan fingerprint density at radius 2 is 2.10 bits per heavy atom. The molecular weight excluding hydrogens is 393 g/mol. The summed E-state index contributed by atoms with van der Waals surface area (Å²) < 4.78 is 18.7. The van der Waals surface area contributed by atoms with Crippen LogP contribution in [0.25, 0.3) is 0 Å². The molecule has 156 valence electrons. The van der Waals surface area contributed by atoms with Crippen LogP contribution in [0.2, 0.25) is 0 Å². The zero-order valence-electron chi connectivity index (χ0n) is 16.4. The van der Waals surface area contributed by atoms with Crippen LogP contribution in [0, 0.1) is 5.82 Å². The van der Waals surface area contributed by atoms with E-state index in [1.54, 1.807) is 30.5 Å². The average Bonchev–Trinajstić information content (AvgIpc) is 3.26. The van der Waals surface area contributed by atoms with Gasteiger partial charge in [-0.1, -0.05) is 12.1 Å². The molecule has 0 radical (unpaired) electrons. The molecule has 0 spiro atoms. The van der Waals surface area contributed by atoms with E-state index in [9.17, 15) is 9.18 Å². The van der Waals surface area contributed by atoms with Gasteiger partial charge in [0.2, 0.25) is 5.91 Å². The number of rotatable bonds is 7. The molecule has 2 aromatic rings. The molecule has 1 unspecified atom stereocenters. The van der Waals surface area contributed by atoms with Crippen LogP contribution in [0.1, 0.15) is 10.9 Å². The normalized spacial score (nSPS) is 16.3. The van der Waals surface area contributed by atoms with Crippen molar-refractivity contribution < 1.29 is 13.9 Å². The highest BCUT2D eigenvalue weighted by atomic mass is 32.1. The summed E-state index contributed by atoms with van der Waals surface area (Å²) in [5, 5.41) is 11.0. The van der Waals surface area contributed by atoms with E-state index in [2.05, 4.69) is 43.4 Å². The SMILES string of the molecule is CN=C(NCC(=O)Nc1cccc(F)c1)NCC(c1cccs1)N1CCOCC1. The third kappa shape index (κ3) is 6.52. The van der Waals surface area contributed by atoms with Gasteiger partial charge < -0.3 is 20.7 Å². The van der Waals surface area contributed by atoms with Gasteiger partial charge >= 0.3 is 0 Å². The number of morpholine rings is 1. The summed E-state index contributed by atoms with van der Waals surface area (Å²) in [5.41, 5.74) is 0.421. The molecule has 1 amide bonds. The van der Waals surface area contributed by atoms with Crippen molar-refractivity contribution in [2.45, 2.75) is 6.04 Å². The molecule has 1 fully saturated rings. The largest absolute Gasteiger partial charge is 0.379 e. The number of thiophene rings is 1. The van der Waals surface area contributed by atoms with Crippen LogP contribution in [0.3, 0.4) is 0 Å². The number of aliphatic imine (C=N–C) groups is 1. The van der Waals surface area contributed by atoms with E-state index in [1.165, 1.54) is 17.0 Å². The predicted octanol–water partition coefficient (Wildman–Crippen LogP) is 2.06. The van der Waals surface area contributed by atoms with Crippen LogP contribution in [0.5, 0.6) is 0 Å². The monoisotopic (exact) mass is 419 g/mol. The molecular formula is C20H26FN5O2S. The van der Waals surface area contributed by atoms with E-state index in [-0.39, 0.29) is 18.5 Å². The topological polar surface area (TPSA) is 78.0 Å². The zero-order chi connectivity index (χ0) is 20.5. The Balaban J connectivity index is 1.51. The Morgan fingerprint density at radius 3 is 2.79 bits per heavy atom. The van der Waals surface area contributed by atoms with Crippen LogP contribution in [-0.4, -0.2) is 63.2 Å². The molecule has 1 aliphatic heterocycles. The zero-order valence-corrected chi connectivity index (χ0v) is 17.2. The van der Waals surface area contributed by atoms with Gasteiger partial charge in [0, 0.05) is 37.2 Å². The maximum atomic E-state index is 13.2. The summed E-state index contributed by atoms with van der Waals surface area (Å²) in [5.74, 6) is -0.133. The van der Waals surface area contributed by atoms with Gasteiger partial charge in [0.05, 0.1) is 25.8 Å². The standard InChI is InChI=1S/C20H26FN5O2S/c1-22-20(24-14-19(27)25-16-5-2-4-15(21)12-16)23-13-17(18-6-3-11-29-18)26-7-9-28-10-8-26/h2-6,11-12,17H,7-10,13-14H2,1H3,(H,25,27)(H2,22,23,24). The quantitative estimate of drug-likeness (QED) is 0.473. The van der Waals surface area contributed by atoms with Crippen LogP contribution >= 0.6 is 11.3 Å². The summed E-state index contributed by atoms with van der Waals surface area (Å²) in [4.78, 5) is 20.0. The Labute approximate surface area is 174 Å². The predicted molar refractivity (Wildman–Crippen MR) is 114 cm³/mol. The molecule has 2 heterocycles. The second kappa shape index (κ2) is 10.9. The highest BCUT2D eigenvalue weighted by molar-refractivity contribution is 7.10. The number of nitrogens with one attached hydrogen (secondary N) is 3. The average molecular weight is 420 g/mol. The molecule has 7 nitrogen and oxygen atoms in total. The lowest BCUT2D eigenvalue weighted by atomic mass is 10.2. The molecule has 1 atom stereocenters. The van der Waals surface area contributed by atoms with Gasteiger partial charge in [0.1, 0.15) is 5.82 Å². The molecule has 29 heavy (non-hydrogen) atoms. The van der Waals surface area contributed by atoms with Crippen molar-refractivity contribution in [3.05, 3.63) is 52.5 Å². The molecule has 1 saturated heterocycles. The number of carbonyl (C=O) groups is 1. The second-order valence-corrected chi connectivity index (χ2v) is 7.52. The summed E-state index contributed by atoms with van der Waals surface area (Å²) >= 11 is 1.73. The van der Waals surface area contributed by atoms with Gasteiger partial charge in [-0.05, 0) is 29.6 Å². The fourth-order valence-electron chi connectivity index (χ4n) is 3.13. The number of hydrogen-bond donors (Lipinski definition) is 3. The Morgan fingerprint density at radius 1 is 1.28 bits per heavy atom. The van der Waals surface area contributed by atoms with E-state index >= 15 is 0 Å². The van der Waals surface area contributed by atoms with Crippen LogP contribution in [-0.2, 0) is 9.53 Å². The van der Waals surface area contributed by atoms with Crippen molar-refractivity contribution in [3.63, 3.8) is 0 Å². The lowest BCUT2D eigenvalue weighted by Crippen LogP contribution is -2.47. The second-order valence-electron chi connectivity index (χ2n) is 6.54. The van der Waals surface area contributed by atoms with Gasteiger partial charge in [-0.15, -0.1) is 11.3 Å². The van der Waals surface area contributed by atoms with Crippen molar-refractivity contribution in [2.24, 2.45) is 4.99 Å². The molecule has 3 N–H and O–H groups in total. The van der Waals surface area contributed by atoms with Crippen molar-refractivity contribution in [1.82, 2.24) is 15.5 Å².